The van der Waals surface area contributed by atoms with E-state index in [0.29, 0.717) is 17.9 Å². The van der Waals surface area contributed by atoms with Crippen molar-refractivity contribution in [2.45, 2.75) is 13.1 Å². The fourth-order valence-electron chi connectivity index (χ4n) is 2.39. The highest BCUT2D eigenvalue weighted by Crippen LogP contribution is 2.20. The molecule has 1 heterocycles. The van der Waals surface area contributed by atoms with Gasteiger partial charge < -0.3 is 10.3 Å². The second-order valence-corrected chi connectivity index (χ2v) is 4.87. The van der Waals surface area contributed by atoms with Gasteiger partial charge in [-0.15, -0.1) is 0 Å². The van der Waals surface area contributed by atoms with E-state index in [2.05, 4.69) is 4.98 Å². The molecule has 0 aliphatic carbocycles. The smallest absolute Gasteiger partial charge is 0.269 e. The molecule has 3 rings (SSSR count). The molecule has 0 amide bonds. The highest BCUT2D eigenvalue weighted by Gasteiger charge is 2.11. The normalized spacial score (nSPS) is 11.0. The molecule has 0 radical (unpaired) electrons. The van der Waals surface area contributed by atoms with Crippen molar-refractivity contribution in [1.82, 2.24) is 9.55 Å². The van der Waals surface area contributed by atoms with E-state index >= 15 is 0 Å². The molecule has 0 aliphatic rings. The zero-order chi connectivity index (χ0) is 15.7. The summed E-state index contributed by atoms with van der Waals surface area (Å²) in [6, 6.07) is 10.7. The number of non-ortho nitro benzene ring substituents is 1. The average molecular weight is 300 g/mol. The first-order valence-electron chi connectivity index (χ1n) is 6.66. The molecule has 0 spiro atoms. The number of fused-ring (bicyclic) bond motifs is 1. The van der Waals surface area contributed by atoms with E-state index in [1.807, 2.05) is 4.57 Å². The number of rotatable bonds is 4. The number of hydrogen-bond donors (Lipinski definition) is 1. The van der Waals surface area contributed by atoms with Crippen molar-refractivity contribution in [3.63, 3.8) is 0 Å². The van der Waals surface area contributed by atoms with Crippen molar-refractivity contribution in [2.24, 2.45) is 5.73 Å². The molecule has 0 saturated heterocycles. The van der Waals surface area contributed by atoms with Crippen LogP contribution in [0, 0.1) is 15.9 Å². The van der Waals surface area contributed by atoms with Crippen LogP contribution in [-0.4, -0.2) is 14.5 Å². The quantitative estimate of drug-likeness (QED) is 0.592. The molecule has 0 aliphatic heterocycles. The van der Waals surface area contributed by atoms with Crippen LogP contribution in [0.25, 0.3) is 11.0 Å². The molecule has 22 heavy (non-hydrogen) atoms. The molecule has 7 heteroatoms. The number of halogens is 1. The van der Waals surface area contributed by atoms with Gasteiger partial charge in [-0.2, -0.15) is 0 Å². The Morgan fingerprint density at radius 3 is 2.59 bits per heavy atom. The van der Waals surface area contributed by atoms with E-state index < -0.39 is 4.92 Å². The Morgan fingerprint density at radius 2 is 1.95 bits per heavy atom. The summed E-state index contributed by atoms with van der Waals surface area (Å²) in [5.41, 5.74) is 7.95. The van der Waals surface area contributed by atoms with Crippen LogP contribution in [0.1, 0.15) is 11.4 Å². The third-order valence-corrected chi connectivity index (χ3v) is 3.46. The average Bonchev–Trinajstić information content (AvgIpc) is 2.84. The number of imidazole rings is 1. The second kappa shape index (κ2) is 5.53. The molecule has 6 nitrogen and oxygen atoms in total. The van der Waals surface area contributed by atoms with Gasteiger partial charge in [-0.05, 0) is 17.7 Å². The monoisotopic (exact) mass is 300 g/mol. The Hall–Kier alpha value is -2.80. The van der Waals surface area contributed by atoms with Crippen molar-refractivity contribution in [3.8, 4) is 0 Å². The van der Waals surface area contributed by atoms with Gasteiger partial charge >= 0.3 is 0 Å². The third kappa shape index (κ3) is 2.53. The lowest BCUT2D eigenvalue weighted by Crippen LogP contribution is -2.09. The minimum Gasteiger partial charge on any atom is -0.324 e. The third-order valence-electron chi connectivity index (χ3n) is 3.46. The molecule has 0 bridgehead atoms. The van der Waals surface area contributed by atoms with Crippen molar-refractivity contribution in [3.05, 3.63) is 69.8 Å². The molecule has 1 aromatic heterocycles. The van der Waals surface area contributed by atoms with Gasteiger partial charge in [0.1, 0.15) is 11.6 Å². The first kappa shape index (κ1) is 14.2. The van der Waals surface area contributed by atoms with Crippen molar-refractivity contribution >= 4 is 16.7 Å². The standard InChI is InChI=1S/C15H13FN4O2/c16-11-3-6-14-13(7-11)18-15(8-17)19(14)9-10-1-4-12(5-2-10)20(21)22/h1-7H,8-9,17H2. The van der Waals surface area contributed by atoms with Crippen LogP contribution in [0.5, 0.6) is 0 Å². The summed E-state index contributed by atoms with van der Waals surface area (Å²) in [5.74, 6) is 0.287. The Morgan fingerprint density at radius 1 is 1.23 bits per heavy atom. The van der Waals surface area contributed by atoms with Crippen molar-refractivity contribution in [1.29, 1.82) is 0 Å². The highest BCUT2D eigenvalue weighted by atomic mass is 19.1. The molecule has 0 unspecified atom stereocenters. The lowest BCUT2D eigenvalue weighted by atomic mass is 10.2. The van der Waals surface area contributed by atoms with E-state index in [1.165, 1.54) is 24.3 Å². The Kier molecular flexibility index (Phi) is 3.56. The lowest BCUT2D eigenvalue weighted by Gasteiger charge is -2.08. The summed E-state index contributed by atoms with van der Waals surface area (Å²) >= 11 is 0. The van der Waals surface area contributed by atoms with Gasteiger partial charge in [0.2, 0.25) is 0 Å². The molecule has 3 aromatic rings. The van der Waals surface area contributed by atoms with Crippen LogP contribution in [0.3, 0.4) is 0 Å². The first-order valence-corrected chi connectivity index (χ1v) is 6.66. The summed E-state index contributed by atoms with van der Waals surface area (Å²) in [5, 5.41) is 10.7. The maximum absolute atomic E-state index is 13.3. The number of nitrogens with zero attached hydrogens (tertiary/aromatic N) is 3. The molecule has 0 atom stereocenters. The molecule has 112 valence electrons. The van der Waals surface area contributed by atoms with Crippen LogP contribution in [0.15, 0.2) is 42.5 Å². The van der Waals surface area contributed by atoms with Gasteiger partial charge in [-0.3, -0.25) is 10.1 Å². The molecule has 2 N–H and O–H groups in total. The summed E-state index contributed by atoms with van der Waals surface area (Å²) in [4.78, 5) is 14.6. The largest absolute Gasteiger partial charge is 0.324 e. The van der Waals surface area contributed by atoms with Crippen LogP contribution in [-0.2, 0) is 13.1 Å². The summed E-state index contributed by atoms with van der Waals surface area (Å²) < 4.78 is 15.2. The topological polar surface area (TPSA) is 87.0 Å². The maximum Gasteiger partial charge on any atom is 0.269 e. The fraction of sp³-hybridized carbons (Fsp3) is 0.133. The van der Waals surface area contributed by atoms with E-state index in [-0.39, 0.29) is 18.0 Å². The number of hydrogen-bond acceptors (Lipinski definition) is 4. The molecule has 0 fully saturated rings. The SMILES string of the molecule is NCc1nc2cc(F)ccc2n1Cc1ccc([N+](=O)[O-])cc1. The van der Waals surface area contributed by atoms with Gasteiger partial charge in [-0.25, -0.2) is 9.37 Å². The summed E-state index contributed by atoms with van der Waals surface area (Å²) in [6.07, 6.45) is 0. The van der Waals surface area contributed by atoms with Crippen LogP contribution in [0.2, 0.25) is 0 Å². The minimum atomic E-state index is -0.440. The highest BCUT2D eigenvalue weighted by molar-refractivity contribution is 5.76. The predicted molar refractivity (Wildman–Crippen MR) is 79.8 cm³/mol. The zero-order valence-electron chi connectivity index (χ0n) is 11.6. The van der Waals surface area contributed by atoms with E-state index in [9.17, 15) is 14.5 Å². The maximum atomic E-state index is 13.3. The molecular weight excluding hydrogens is 287 g/mol. The van der Waals surface area contributed by atoms with Crippen molar-refractivity contribution < 1.29 is 9.31 Å². The molecule has 0 saturated carbocycles. The van der Waals surface area contributed by atoms with Gasteiger partial charge in [0, 0.05) is 24.7 Å². The Labute approximate surface area is 125 Å². The van der Waals surface area contributed by atoms with Gasteiger partial charge in [-0.1, -0.05) is 12.1 Å². The van der Waals surface area contributed by atoms with E-state index in [1.54, 1.807) is 18.2 Å². The van der Waals surface area contributed by atoms with Crippen LogP contribution >= 0.6 is 0 Å². The predicted octanol–water partition coefficient (Wildman–Crippen LogP) is 2.59. The van der Waals surface area contributed by atoms with Gasteiger partial charge in [0.05, 0.1) is 22.5 Å². The number of nitro groups is 1. The number of benzene rings is 2. The van der Waals surface area contributed by atoms with Crippen molar-refractivity contribution in [2.75, 3.05) is 0 Å². The summed E-state index contributed by atoms with van der Waals surface area (Å²) in [7, 11) is 0. The fourth-order valence-corrected chi connectivity index (χ4v) is 2.39. The molecule has 2 aromatic carbocycles. The minimum absolute atomic E-state index is 0.0420. The van der Waals surface area contributed by atoms with E-state index in [0.717, 1.165) is 11.1 Å². The Bertz CT molecular complexity index is 843. The second-order valence-electron chi connectivity index (χ2n) is 4.87. The van der Waals surface area contributed by atoms with Crippen LogP contribution in [0.4, 0.5) is 10.1 Å². The molecular formula is C15H13FN4O2. The van der Waals surface area contributed by atoms with Gasteiger partial charge in [0.15, 0.2) is 0 Å². The Balaban J connectivity index is 2.00. The van der Waals surface area contributed by atoms with E-state index in [4.69, 9.17) is 5.73 Å². The number of nitrogens with two attached hydrogens (primary N) is 1. The van der Waals surface area contributed by atoms with Gasteiger partial charge in [0.25, 0.3) is 5.69 Å². The number of nitro benzene ring substituents is 1. The first-order chi connectivity index (χ1) is 10.6. The lowest BCUT2D eigenvalue weighted by molar-refractivity contribution is -0.384. The zero-order valence-corrected chi connectivity index (χ0v) is 11.6. The van der Waals surface area contributed by atoms with Crippen LogP contribution < -0.4 is 5.73 Å². The summed E-state index contributed by atoms with van der Waals surface area (Å²) in [6.45, 7) is 0.690. The number of aromatic nitrogens is 2.